The van der Waals surface area contributed by atoms with Crippen molar-refractivity contribution in [1.82, 2.24) is 9.21 Å². The number of hydrogen-bond donors (Lipinski definition) is 2. The standard InChI is InChI=1S/C20H19BrN2O5S/c21-14-5-7-15(8-6-14)29(27,28)23(13-18(24)25)17-4-2-1-3-16(17)20(19(23)26)9-11-22-12-10-20/h1-8,22H,9-13H2/p+1. The molecule has 1 amide bonds. The van der Waals surface area contributed by atoms with E-state index in [1.807, 2.05) is 0 Å². The predicted molar refractivity (Wildman–Crippen MR) is 111 cm³/mol. The number of carboxylic acids is 1. The van der Waals surface area contributed by atoms with Crippen molar-refractivity contribution in [1.29, 1.82) is 0 Å². The summed E-state index contributed by atoms with van der Waals surface area (Å²) < 4.78 is 27.2. The Balaban J connectivity index is 2.03. The van der Waals surface area contributed by atoms with Crippen LogP contribution in [-0.2, 0) is 25.0 Å². The zero-order valence-electron chi connectivity index (χ0n) is 15.5. The number of amides is 1. The first-order chi connectivity index (χ1) is 13.8. The molecule has 2 aromatic rings. The summed E-state index contributed by atoms with van der Waals surface area (Å²) in [5.41, 5.74) is -0.155. The van der Waals surface area contributed by atoms with Crippen LogP contribution >= 0.6 is 15.9 Å². The topological polar surface area (TPSA) is 101 Å². The number of piperidine rings is 1. The van der Waals surface area contributed by atoms with E-state index in [0.717, 1.165) is 0 Å². The van der Waals surface area contributed by atoms with Crippen LogP contribution in [0.25, 0.3) is 0 Å². The van der Waals surface area contributed by atoms with Gasteiger partial charge in [-0.1, -0.05) is 34.1 Å². The number of carbonyl (C=O) groups is 2. The smallest absolute Gasteiger partial charge is 0.361 e. The lowest BCUT2D eigenvalue weighted by molar-refractivity contribution is -0.142. The summed E-state index contributed by atoms with van der Waals surface area (Å²) in [4.78, 5) is 25.8. The molecule has 2 aromatic carbocycles. The van der Waals surface area contributed by atoms with Gasteiger partial charge in [-0.25, -0.2) is 9.59 Å². The molecule has 1 saturated heterocycles. The van der Waals surface area contributed by atoms with Crippen LogP contribution in [0.1, 0.15) is 18.4 Å². The molecule has 0 radical (unpaired) electrons. The van der Waals surface area contributed by atoms with Gasteiger partial charge in [0.2, 0.25) is 6.54 Å². The third-order valence-corrected chi connectivity index (χ3v) is 8.59. The summed E-state index contributed by atoms with van der Waals surface area (Å²) >= 11 is 3.28. The summed E-state index contributed by atoms with van der Waals surface area (Å²) in [5.74, 6) is -1.93. The van der Waals surface area contributed by atoms with Crippen molar-refractivity contribution in [3.8, 4) is 0 Å². The van der Waals surface area contributed by atoms with Gasteiger partial charge in [-0.3, -0.25) is 0 Å². The van der Waals surface area contributed by atoms with Gasteiger partial charge in [0.1, 0.15) is 10.3 Å². The highest BCUT2D eigenvalue weighted by Crippen LogP contribution is 2.53. The van der Waals surface area contributed by atoms with Crippen molar-refractivity contribution < 1.29 is 23.1 Å². The Labute approximate surface area is 177 Å². The second-order valence-corrected chi connectivity index (χ2v) is 10.3. The first-order valence-corrected chi connectivity index (χ1v) is 11.5. The molecule has 2 N–H and O–H groups in total. The number of carbonyl (C=O) groups excluding carboxylic acids is 1. The molecule has 2 aliphatic rings. The minimum Gasteiger partial charge on any atom is -0.477 e. The highest BCUT2D eigenvalue weighted by molar-refractivity contribution is 9.10. The molecule has 4 rings (SSSR count). The molecule has 152 valence electrons. The first-order valence-electron chi connectivity index (χ1n) is 9.22. The number of fused-ring (bicyclic) bond motifs is 2. The Morgan fingerprint density at radius 3 is 2.34 bits per heavy atom. The molecule has 29 heavy (non-hydrogen) atoms. The van der Waals surface area contributed by atoms with Crippen molar-refractivity contribution in [2.24, 2.45) is 0 Å². The Kier molecular flexibility index (Phi) is 4.89. The third-order valence-electron chi connectivity index (χ3n) is 5.88. The number of para-hydroxylation sites is 1. The molecule has 1 fully saturated rings. The molecule has 0 aliphatic carbocycles. The van der Waals surface area contributed by atoms with Gasteiger partial charge in [-0.15, -0.1) is 3.89 Å². The van der Waals surface area contributed by atoms with Crippen LogP contribution in [0.15, 0.2) is 57.9 Å². The molecule has 1 unspecified atom stereocenters. The Morgan fingerprint density at radius 2 is 1.72 bits per heavy atom. The molecule has 7 nitrogen and oxygen atoms in total. The number of nitrogens with one attached hydrogen (secondary N) is 1. The molecule has 0 aromatic heterocycles. The number of quaternary nitrogens is 1. The van der Waals surface area contributed by atoms with E-state index in [-0.39, 0.29) is 10.6 Å². The Bertz CT molecular complexity index is 1090. The Morgan fingerprint density at radius 1 is 1.10 bits per heavy atom. The van der Waals surface area contributed by atoms with Crippen LogP contribution in [0.4, 0.5) is 5.69 Å². The number of halogens is 1. The average Bonchev–Trinajstić information content (AvgIpc) is 2.90. The molecule has 0 saturated carbocycles. The van der Waals surface area contributed by atoms with Crippen LogP contribution in [0.3, 0.4) is 0 Å². The van der Waals surface area contributed by atoms with Crippen LogP contribution in [0, 0.1) is 0 Å². The molecule has 2 aliphatic heterocycles. The fourth-order valence-corrected chi connectivity index (χ4v) is 6.75. The summed E-state index contributed by atoms with van der Waals surface area (Å²) in [5, 5.41) is 12.9. The Hall–Kier alpha value is -2.07. The van der Waals surface area contributed by atoms with Crippen molar-refractivity contribution in [3.05, 3.63) is 58.6 Å². The maximum atomic E-state index is 14.0. The minimum absolute atomic E-state index is 0.0870. The van der Waals surface area contributed by atoms with Crippen LogP contribution in [-0.4, -0.2) is 45.0 Å². The lowest BCUT2D eigenvalue weighted by atomic mass is 9.74. The first kappa shape index (κ1) is 20.2. The summed E-state index contributed by atoms with van der Waals surface area (Å²) in [6.45, 7) is 0.264. The van der Waals surface area contributed by atoms with Gasteiger partial charge in [-0.05, 0) is 50.2 Å². The monoisotopic (exact) mass is 479 g/mol. The van der Waals surface area contributed by atoms with E-state index in [1.54, 1.807) is 36.4 Å². The van der Waals surface area contributed by atoms with Gasteiger partial charge in [0.15, 0.2) is 5.69 Å². The van der Waals surface area contributed by atoms with E-state index in [4.69, 9.17) is 0 Å². The van der Waals surface area contributed by atoms with E-state index in [0.29, 0.717) is 36.0 Å². The summed E-state index contributed by atoms with van der Waals surface area (Å²) in [6, 6.07) is 12.7. The van der Waals surface area contributed by atoms with Gasteiger partial charge in [-0.2, -0.15) is 8.42 Å². The average molecular weight is 480 g/mol. The van der Waals surface area contributed by atoms with Crippen molar-refractivity contribution in [3.63, 3.8) is 0 Å². The lowest BCUT2D eigenvalue weighted by Crippen LogP contribution is -2.63. The highest BCUT2D eigenvalue weighted by atomic mass is 79.9. The van der Waals surface area contributed by atoms with Gasteiger partial charge in [0.05, 0.1) is 0 Å². The molecular weight excluding hydrogens is 460 g/mol. The SMILES string of the molecule is O=C(O)C[N+]1(S(=O)(=O)c2ccc(Br)cc2)C(=O)C2(CCNCC2)c2ccccc21. The van der Waals surface area contributed by atoms with E-state index in [1.165, 1.54) is 12.1 Å². The number of carboxylic acid groups (broad SMARTS) is 1. The maximum Gasteiger partial charge on any atom is 0.361 e. The number of nitrogens with zero attached hydrogens (tertiary/aromatic N) is 1. The molecule has 9 heteroatoms. The number of sulfonamides is 1. The lowest BCUT2D eigenvalue weighted by Gasteiger charge is -2.34. The highest BCUT2D eigenvalue weighted by Gasteiger charge is 2.68. The van der Waals surface area contributed by atoms with E-state index >= 15 is 0 Å². The summed E-state index contributed by atoms with van der Waals surface area (Å²) in [6.07, 6.45) is 0.858. The summed E-state index contributed by atoms with van der Waals surface area (Å²) in [7, 11) is -4.38. The van der Waals surface area contributed by atoms with Crippen molar-refractivity contribution in [2.45, 2.75) is 23.2 Å². The molecule has 2 heterocycles. The van der Waals surface area contributed by atoms with Gasteiger partial charge >= 0.3 is 21.9 Å². The zero-order valence-corrected chi connectivity index (χ0v) is 17.9. The predicted octanol–water partition coefficient (Wildman–Crippen LogP) is 2.39. The number of hydrogen-bond acceptors (Lipinski definition) is 5. The normalized spacial score (nSPS) is 23.1. The van der Waals surface area contributed by atoms with Crippen molar-refractivity contribution >= 4 is 43.5 Å². The zero-order chi connectivity index (χ0) is 20.9. The van der Waals surface area contributed by atoms with Crippen LogP contribution in [0.5, 0.6) is 0 Å². The molecule has 1 spiro atoms. The minimum atomic E-state index is -4.38. The van der Waals surface area contributed by atoms with Gasteiger partial charge < -0.3 is 10.4 Å². The van der Waals surface area contributed by atoms with E-state index in [9.17, 15) is 23.1 Å². The fourth-order valence-electron chi connectivity index (χ4n) is 4.56. The second-order valence-electron chi connectivity index (χ2n) is 7.37. The fraction of sp³-hybridized carbons (Fsp3) is 0.300. The molecule has 0 bridgehead atoms. The second kappa shape index (κ2) is 7.02. The van der Waals surface area contributed by atoms with Gasteiger partial charge in [0.25, 0.3) is 0 Å². The maximum absolute atomic E-state index is 14.0. The molecular formula is C20H20BrN2O5S+. The quantitative estimate of drug-likeness (QED) is 0.652. The van der Waals surface area contributed by atoms with Crippen LogP contribution in [0.2, 0.25) is 0 Å². The van der Waals surface area contributed by atoms with Gasteiger partial charge in [0, 0.05) is 16.1 Å². The van der Waals surface area contributed by atoms with Crippen molar-refractivity contribution in [2.75, 3.05) is 19.6 Å². The number of benzene rings is 2. The molecule has 1 atom stereocenters. The third kappa shape index (κ3) is 2.79. The van der Waals surface area contributed by atoms with E-state index < -0.39 is 37.7 Å². The number of aliphatic carboxylic acids is 1. The van der Waals surface area contributed by atoms with E-state index in [2.05, 4.69) is 21.2 Å². The number of rotatable bonds is 4. The van der Waals surface area contributed by atoms with Crippen LogP contribution < -0.4 is 9.21 Å². The largest absolute Gasteiger partial charge is 0.477 e.